The lowest BCUT2D eigenvalue weighted by molar-refractivity contribution is 0.222. The average Bonchev–Trinajstić information content (AvgIpc) is 2.47. The number of nitrogens with zero attached hydrogens (tertiary/aromatic N) is 1. The molecule has 1 atom stereocenters. The van der Waals surface area contributed by atoms with Crippen LogP contribution in [0.1, 0.15) is 24.3 Å². The summed E-state index contributed by atoms with van der Waals surface area (Å²) in [6.07, 6.45) is -0.133. The van der Waals surface area contributed by atoms with Crippen molar-refractivity contribution in [3.8, 4) is 5.75 Å². The van der Waals surface area contributed by atoms with Crippen LogP contribution in [0.4, 0.5) is 0 Å². The Hall–Kier alpha value is -2.06. The van der Waals surface area contributed by atoms with Crippen LogP contribution in [-0.2, 0) is 0 Å². The first-order chi connectivity index (χ1) is 10.1. The molecule has 1 aromatic heterocycles. The van der Waals surface area contributed by atoms with E-state index in [1.165, 1.54) is 10.9 Å². The Morgan fingerprint density at radius 1 is 1.05 bits per heavy atom. The van der Waals surface area contributed by atoms with E-state index in [-0.39, 0.29) is 6.10 Å². The third kappa shape index (κ3) is 3.01. The first kappa shape index (κ1) is 13.9. The summed E-state index contributed by atoms with van der Waals surface area (Å²) in [5.74, 6) is 0.752. The van der Waals surface area contributed by atoms with Gasteiger partial charge in [-0.15, -0.1) is 0 Å². The molecule has 2 aromatic carbocycles. The summed E-state index contributed by atoms with van der Waals surface area (Å²) in [6.45, 7) is 4.09. The first-order valence-electron chi connectivity index (χ1n) is 6.92. The quantitative estimate of drug-likeness (QED) is 0.651. The third-order valence-electron chi connectivity index (χ3n) is 3.47. The van der Waals surface area contributed by atoms with E-state index in [1.54, 1.807) is 0 Å². The summed E-state index contributed by atoms with van der Waals surface area (Å²) in [5.41, 5.74) is 3.12. The number of aryl methyl sites for hydroxylation is 1. The van der Waals surface area contributed by atoms with Crippen molar-refractivity contribution in [2.45, 2.75) is 20.0 Å². The Labute approximate surface area is 129 Å². The Morgan fingerprint density at radius 2 is 1.86 bits per heavy atom. The highest BCUT2D eigenvalue weighted by molar-refractivity contribution is 6.30. The molecular formula is C18H16ClNO. The fourth-order valence-corrected chi connectivity index (χ4v) is 2.57. The summed E-state index contributed by atoms with van der Waals surface area (Å²) >= 11 is 5.98. The Kier molecular flexibility index (Phi) is 3.80. The summed E-state index contributed by atoms with van der Waals surface area (Å²) in [7, 11) is 0. The molecule has 21 heavy (non-hydrogen) atoms. The van der Waals surface area contributed by atoms with Crippen LogP contribution in [0, 0.1) is 6.92 Å². The number of rotatable bonds is 3. The Morgan fingerprint density at radius 3 is 2.67 bits per heavy atom. The number of benzene rings is 2. The second kappa shape index (κ2) is 5.74. The molecular weight excluding hydrogens is 282 g/mol. The van der Waals surface area contributed by atoms with Gasteiger partial charge in [0.2, 0.25) is 0 Å². The van der Waals surface area contributed by atoms with Crippen LogP contribution in [0.3, 0.4) is 0 Å². The Bertz CT molecular complexity index is 785. The molecule has 0 aliphatic carbocycles. The van der Waals surface area contributed by atoms with Crippen LogP contribution in [0.2, 0.25) is 5.02 Å². The van der Waals surface area contributed by atoms with Gasteiger partial charge in [0.1, 0.15) is 11.9 Å². The largest absolute Gasteiger partial charge is 0.484 e. The average molecular weight is 298 g/mol. The van der Waals surface area contributed by atoms with Crippen LogP contribution in [0.5, 0.6) is 5.75 Å². The molecule has 3 aromatic rings. The standard InChI is InChI=1S/C18H16ClNO/c1-12-10-18(20-17-9-4-3-8-16(12)17)13(2)21-15-7-5-6-14(19)11-15/h3-11,13H,1-2H3. The number of hydrogen-bond donors (Lipinski definition) is 0. The zero-order valence-electron chi connectivity index (χ0n) is 12.0. The van der Waals surface area contributed by atoms with E-state index in [1.807, 2.05) is 49.4 Å². The highest BCUT2D eigenvalue weighted by atomic mass is 35.5. The van der Waals surface area contributed by atoms with E-state index < -0.39 is 0 Å². The number of halogens is 1. The summed E-state index contributed by atoms with van der Waals surface area (Å²) in [5, 5.41) is 1.85. The third-order valence-corrected chi connectivity index (χ3v) is 3.70. The normalized spacial score (nSPS) is 12.3. The number of para-hydroxylation sites is 1. The van der Waals surface area contributed by atoms with Gasteiger partial charge < -0.3 is 4.74 Å². The lowest BCUT2D eigenvalue weighted by Crippen LogP contribution is -2.06. The molecule has 0 N–H and O–H groups in total. The fraction of sp³-hybridized carbons (Fsp3) is 0.167. The number of pyridine rings is 1. The van der Waals surface area contributed by atoms with Gasteiger partial charge in [-0.25, -0.2) is 4.98 Å². The smallest absolute Gasteiger partial charge is 0.138 e. The molecule has 0 spiro atoms. The van der Waals surface area contributed by atoms with Crippen LogP contribution in [-0.4, -0.2) is 4.98 Å². The van der Waals surface area contributed by atoms with E-state index in [4.69, 9.17) is 21.3 Å². The van der Waals surface area contributed by atoms with Gasteiger partial charge in [0, 0.05) is 10.4 Å². The molecule has 1 unspecified atom stereocenters. The topological polar surface area (TPSA) is 22.1 Å². The van der Waals surface area contributed by atoms with Gasteiger partial charge in [0.25, 0.3) is 0 Å². The predicted octanol–water partition coefficient (Wildman–Crippen LogP) is 5.34. The van der Waals surface area contributed by atoms with Gasteiger partial charge in [-0.05, 0) is 49.7 Å². The van der Waals surface area contributed by atoms with Crippen molar-refractivity contribution in [3.63, 3.8) is 0 Å². The predicted molar refractivity (Wildman–Crippen MR) is 87.0 cm³/mol. The first-order valence-corrected chi connectivity index (χ1v) is 7.30. The monoisotopic (exact) mass is 297 g/mol. The summed E-state index contributed by atoms with van der Waals surface area (Å²) < 4.78 is 5.94. The molecule has 0 aliphatic rings. The van der Waals surface area contributed by atoms with Gasteiger partial charge in [-0.1, -0.05) is 35.9 Å². The van der Waals surface area contributed by atoms with Crippen LogP contribution < -0.4 is 4.74 Å². The maximum Gasteiger partial charge on any atom is 0.138 e. The molecule has 3 rings (SSSR count). The second-order valence-electron chi connectivity index (χ2n) is 5.10. The van der Waals surface area contributed by atoms with E-state index in [9.17, 15) is 0 Å². The minimum atomic E-state index is -0.133. The van der Waals surface area contributed by atoms with E-state index in [2.05, 4.69) is 19.1 Å². The summed E-state index contributed by atoms with van der Waals surface area (Å²) in [4.78, 5) is 4.70. The Balaban J connectivity index is 1.92. The van der Waals surface area contributed by atoms with E-state index >= 15 is 0 Å². The van der Waals surface area contributed by atoms with Gasteiger partial charge in [-0.3, -0.25) is 0 Å². The number of aromatic nitrogens is 1. The maximum absolute atomic E-state index is 5.98. The molecule has 2 nitrogen and oxygen atoms in total. The molecule has 0 aliphatic heterocycles. The molecule has 3 heteroatoms. The molecule has 0 amide bonds. The van der Waals surface area contributed by atoms with Crippen molar-refractivity contribution >= 4 is 22.5 Å². The van der Waals surface area contributed by atoms with Gasteiger partial charge in [0.05, 0.1) is 11.2 Å². The molecule has 0 bridgehead atoms. The fourth-order valence-electron chi connectivity index (χ4n) is 2.39. The molecule has 0 radical (unpaired) electrons. The highest BCUT2D eigenvalue weighted by Gasteiger charge is 2.11. The summed E-state index contributed by atoms with van der Waals surface area (Å²) in [6, 6.07) is 17.6. The van der Waals surface area contributed by atoms with Crippen molar-refractivity contribution in [1.82, 2.24) is 4.98 Å². The van der Waals surface area contributed by atoms with Crippen molar-refractivity contribution in [2.24, 2.45) is 0 Å². The van der Waals surface area contributed by atoms with Gasteiger partial charge >= 0.3 is 0 Å². The molecule has 0 saturated carbocycles. The van der Waals surface area contributed by atoms with Crippen LogP contribution >= 0.6 is 11.6 Å². The molecule has 106 valence electrons. The van der Waals surface area contributed by atoms with Crippen molar-refractivity contribution in [2.75, 3.05) is 0 Å². The number of fused-ring (bicyclic) bond motifs is 1. The van der Waals surface area contributed by atoms with Crippen LogP contribution in [0.15, 0.2) is 54.6 Å². The second-order valence-corrected chi connectivity index (χ2v) is 5.54. The minimum absolute atomic E-state index is 0.133. The van der Waals surface area contributed by atoms with Crippen molar-refractivity contribution in [1.29, 1.82) is 0 Å². The zero-order valence-corrected chi connectivity index (χ0v) is 12.8. The molecule has 0 fully saturated rings. The lowest BCUT2D eigenvalue weighted by atomic mass is 10.1. The van der Waals surface area contributed by atoms with Crippen molar-refractivity contribution in [3.05, 3.63) is 70.9 Å². The van der Waals surface area contributed by atoms with Gasteiger partial charge in [0.15, 0.2) is 0 Å². The van der Waals surface area contributed by atoms with Gasteiger partial charge in [-0.2, -0.15) is 0 Å². The number of ether oxygens (including phenoxy) is 1. The molecule has 1 heterocycles. The number of hydrogen-bond acceptors (Lipinski definition) is 2. The SMILES string of the molecule is Cc1cc(C(C)Oc2cccc(Cl)c2)nc2ccccc12. The van der Waals surface area contributed by atoms with Crippen LogP contribution in [0.25, 0.3) is 10.9 Å². The highest BCUT2D eigenvalue weighted by Crippen LogP contribution is 2.26. The van der Waals surface area contributed by atoms with E-state index in [0.717, 1.165) is 17.0 Å². The maximum atomic E-state index is 5.98. The zero-order chi connectivity index (χ0) is 14.8. The molecule has 0 saturated heterocycles. The van der Waals surface area contributed by atoms with E-state index in [0.29, 0.717) is 5.02 Å². The minimum Gasteiger partial charge on any atom is -0.484 e. The van der Waals surface area contributed by atoms with Crippen molar-refractivity contribution < 1.29 is 4.74 Å². The lowest BCUT2D eigenvalue weighted by Gasteiger charge is -2.16.